The van der Waals surface area contributed by atoms with Gasteiger partial charge < -0.3 is 11.1 Å². The Kier molecular flexibility index (Phi) is 3.00. The standard InChI is InChI=1S/C12H14N4/c1-9-4-2-6-11(13)12(9)14-8-10-5-3-7-15-16-10/h2-7,14H,8,13H2,1H3. The molecule has 0 saturated carbocycles. The summed E-state index contributed by atoms with van der Waals surface area (Å²) in [4.78, 5) is 0. The zero-order valence-corrected chi connectivity index (χ0v) is 9.14. The van der Waals surface area contributed by atoms with Gasteiger partial charge in [-0.1, -0.05) is 12.1 Å². The summed E-state index contributed by atoms with van der Waals surface area (Å²) in [6.07, 6.45) is 1.66. The molecule has 0 aliphatic rings. The number of aromatic nitrogens is 2. The highest BCUT2D eigenvalue weighted by Crippen LogP contribution is 2.22. The van der Waals surface area contributed by atoms with Crippen LogP contribution in [0.25, 0.3) is 0 Å². The van der Waals surface area contributed by atoms with Crippen LogP contribution in [0.15, 0.2) is 36.5 Å². The van der Waals surface area contributed by atoms with E-state index in [1.165, 1.54) is 0 Å². The van der Waals surface area contributed by atoms with Crippen LogP contribution in [0, 0.1) is 6.92 Å². The van der Waals surface area contributed by atoms with Crippen molar-refractivity contribution in [3.8, 4) is 0 Å². The molecule has 0 bridgehead atoms. The Morgan fingerprint density at radius 1 is 1.25 bits per heavy atom. The minimum absolute atomic E-state index is 0.628. The molecule has 4 nitrogen and oxygen atoms in total. The second-order valence-corrected chi connectivity index (χ2v) is 3.61. The first-order valence-electron chi connectivity index (χ1n) is 5.13. The maximum absolute atomic E-state index is 5.89. The van der Waals surface area contributed by atoms with Gasteiger partial charge in [-0.15, -0.1) is 0 Å². The van der Waals surface area contributed by atoms with Gasteiger partial charge in [-0.05, 0) is 30.7 Å². The van der Waals surface area contributed by atoms with Crippen molar-refractivity contribution in [2.75, 3.05) is 11.1 Å². The summed E-state index contributed by atoms with van der Waals surface area (Å²) in [7, 11) is 0. The van der Waals surface area contributed by atoms with Crippen LogP contribution in [0.4, 0.5) is 11.4 Å². The molecule has 0 saturated heterocycles. The van der Waals surface area contributed by atoms with Gasteiger partial charge in [-0.3, -0.25) is 0 Å². The van der Waals surface area contributed by atoms with Gasteiger partial charge in [0.25, 0.3) is 0 Å². The minimum Gasteiger partial charge on any atom is -0.397 e. The summed E-state index contributed by atoms with van der Waals surface area (Å²) < 4.78 is 0. The molecule has 0 spiro atoms. The van der Waals surface area contributed by atoms with E-state index in [1.54, 1.807) is 6.20 Å². The van der Waals surface area contributed by atoms with Crippen LogP contribution in [-0.4, -0.2) is 10.2 Å². The molecule has 0 atom stereocenters. The van der Waals surface area contributed by atoms with Crippen LogP contribution in [0.3, 0.4) is 0 Å². The molecule has 4 heteroatoms. The molecule has 16 heavy (non-hydrogen) atoms. The van der Waals surface area contributed by atoms with Gasteiger partial charge in [-0.25, -0.2) is 0 Å². The fourth-order valence-electron chi connectivity index (χ4n) is 1.54. The first-order valence-corrected chi connectivity index (χ1v) is 5.13. The molecule has 0 amide bonds. The highest BCUT2D eigenvalue weighted by molar-refractivity contribution is 5.69. The average Bonchev–Trinajstić information content (AvgIpc) is 2.30. The second-order valence-electron chi connectivity index (χ2n) is 3.61. The Morgan fingerprint density at radius 2 is 2.12 bits per heavy atom. The second kappa shape index (κ2) is 4.61. The normalized spacial score (nSPS) is 10.1. The number of nitrogens with one attached hydrogen (secondary N) is 1. The highest BCUT2D eigenvalue weighted by Gasteiger charge is 2.02. The molecule has 2 aromatic rings. The van der Waals surface area contributed by atoms with Crippen molar-refractivity contribution in [2.24, 2.45) is 0 Å². The third-order valence-corrected chi connectivity index (χ3v) is 2.38. The number of hydrogen-bond acceptors (Lipinski definition) is 4. The van der Waals surface area contributed by atoms with E-state index in [1.807, 2.05) is 37.3 Å². The Hall–Kier alpha value is -2.10. The Bertz CT molecular complexity index is 447. The van der Waals surface area contributed by atoms with Crippen molar-refractivity contribution < 1.29 is 0 Å². The van der Waals surface area contributed by atoms with Gasteiger partial charge in [0, 0.05) is 6.20 Å². The van der Waals surface area contributed by atoms with Crippen molar-refractivity contribution in [1.29, 1.82) is 0 Å². The fourth-order valence-corrected chi connectivity index (χ4v) is 1.54. The molecule has 0 unspecified atom stereocenters. The third-order valence-electron chi connectivity index (χ3n) is 2.38. The highest BCUT2D eigenvalue weighted by atomic mass is 15.1. The van der Waals surface area contributed by atoms with Crippen molar-refractivity contribution in [3.63, 3.8) is 0 Å². The molecule has 0 aliphatic carbocycles. The van der Waals surface area contributed by atoms with Gasteiger partial charge in [0.2, 0.25) is 0 Å². The zero-order chi connectivity index (χ0) is 11.4. The number of para-hydroxylation sites is 1. The zero-order valence-electron chi connectivity index (χ0n) is 9.14. The Balaban J connectivity index is 2.11. The van der Waals surface area contributed by atoms with Gasteiger partial charge in [0.05, 0.1) is 23.6 Å². The quantitative estimate of drug-likeness (QED) is 0.767. The smallest absolute Gasteiger partial charge is 0.0821 e. The van der Waals surface area contributed by atoms with Gasteiger partial charge in [0.15, 0.2) is 0 Å². The predicted molar refractivity (Wildman–Crippen MR) is 65.0 cm³/mol. The predicted octanol–water partition coefficient (Wildman–Crippen LogP) is 1.98. The van der Waals surface area contributed by atoms with Crippen LogP contribution in [-0.2, 0) is 6.54 Å². The van der Waals surface area contributed by atoms with Crippen LogP contribution < -0.4 is 11.1 Å². The lowest BCUT2D eigenvalue weighted by atomic mass is 10.1. The maximum Gasteiger partial charge on any atom is 0.0821 e. The van der Waals surface area contributed by atoms with Gasteiger partial charge >= 0.3 is 0 Å². The van der Waals surface area contributed by atoms with Gasteiger partial charge in [-0.2, -0.15) is 10.2 Å². The van der Waals surface area contributed by atoms with Crippen molar-refractivity contribution >= 4 is 11.4 Å². The van der Waals surface area contributed by atoms with Crippen molar-refractivity contribution in [2.45, 2.75) is 13.5 Å². The lowest BCUT2D eigenvalue weighted by Gasteiger charge is -2.11. The van der Waals surface area contributed by atoms with Crippen molar-refractivity contribution in [1.82, 2.24) is 10.2 Å². The largest absolute Gasteiger partial charge is 0.397 e. The summed E-state index contributed by atoms with van der Waals surface area (Å²) >= 11 is 0. The van der Waals surface area contributed by atoms with E-state index in [0.717, 1.165) is 22.6 Å². The molecule has 0 aliphatic heterocycles. The van der Waals surface area contributed by atoms with Crippen molar-refractivity contribution in [3.05, 3.63) is 47.8 Å². The molecule has 0 radical (unpaired) electrons. The summed E-state index contributed by atoms with van der Waals surface area (Å²) in [6.45, 7) is 2.65. The number of nitrogen functional groups attached to an aromatic ring is 1. The Labute approximate surface area is 94.5 Å². The fraction of sp³-hybridized carbons (Fsp3) is 0.167. The van der Waals surface area contributed by atoms with E-state index in [4.69, 9.17) is 5.73 Å². The number of nitrogens with two attached hydrogens (primary N) is 1. The number of aryl methyl sites for hydroxylation is 1. The van der Waals surface area contributed by atoms with Gasteiger partial charge in [0.1, 0.15) is 0 Å². The molecular formula is C12H14N4. The summed E-state index contributed by atoms with van der Waals surface area (Å²) in [6, 6.07) is 9.64. The number of anilines is 2. The molecule has 1 aromatic heterocycles. The molecule has 1 aromatic carbocycles. The van der Waals surface area contributed by atoms with E-state index in [2.05, 4.69) is 15.5 Å². The minimum atomic E-state index is 0.628. The molecular weight excluding hydrogens is 200 g/mol. The lowest BCUT2D eigenvalue weighted by molar-refractivity contribution is 0.924. The van der Waals surface area contributed by atoms with E-state index in [9.17, 15) is 0 Å². The van der Waals surface area contributed by atoms with Crippen LogP contribution in [0.1, 0.15) is 11.3 Å². The van der Waals surface area contributed by atoms with E-state index in [0.29, 0.717) is 6.54 Å². The summed E-state index contributed by atoms with van der Waals surface area (Å²) in [5.41, 5.74) is 9.63. The molecule has 0 fully saturated rings. The molecule has 82 valence electrons. The first kappa shape index (κ1) is 10.4. The number of hydrogen-bond donors (Lipinski definition) is 2. The topological polar surface area (TPSA) is 63.8 Å². The molecule has 3 N–H and O–H groups in total. The lowest BCUT2D eigenvalue weighted by Crippen LogP contribution is -2.05. The monoisotopic (exact) mass is 214 g/mol. The number of benzene rings is 1. The van der Waals surface area contributed by atoms with E-state index in [-0.39, 0.29) is 0 Å². The van der Waals surface area contributed by atoms with Crippen LogP contribution in [0.5, 0.6) is 0 Å². The first-order chi connectivity index (χ1) is 7.77. The van der Waals surface area contributed by atoms with Crippen LogP contribution >= 0.6 is 0 Å². The average molecular weight is 214 g/mol. The van der Waals surface area contributed by atoms with E-state index >= 15 is 0 Å². The number of rotatable bonds is 3. The molecule has 1 heterocycles. The van der Waals surface area contributed by atoms with E-state index < -0.39 is 0 Å². The SMILES string of the molecule is Cc1cccc(N)c1NCc1cccnn1. The maximum atomic E-state index is 5.89. The van der Waals surface area contributed by atoms with Crippen LogP contribution in [0.2, 0.25) is 0 Å². The number of nitrogens with zero attached hydrogens (tertiary/aromatic N) is 2. The third kappa shape index (κ3) is 2.28. The summed E-state index contributed by atoms with van der Waals surface area (Å²) in [5.74, 6) is 0. The molecule has 2 rings (SSSR count). The summed E-state index contributed by atoms with van der Waals surface area (Å²) in [5, 5.41) is 11.1. The Morgan fingerprint density at radius 3 is 2.81 bits per heavy atom.